The average Bonchev–Trinajstić information content (AvgIpc) is 2.74. The van der Waals surface area contributed by atoms with Gasteiger partial charge in [-0.05, 0) is 61.0 Å². The van der Waals surface area contributed by atoms with Crippen molar-refractivity contribution in [2.24, 2.45) is 5.73 Å². The van der Waals surface area contributed by atoms with E-state index in [-0.39, 0.29) is 16.1 Å². The van der Waals surface area contributed by atoms with E-state index in [1.807, 2.05) is 0 Å². The molecule has 3 N–H and O–H groups in total. The molecule has 3 rings (SSSR count). The van der Waals surface area contributed by atoms with Crippen LogP contribution in [0, 0.1) is 12.7 Å². The van der Waals surface area contributed by atoms with Crippen molar-refractivity contribution in [3.05, 3.63) is 89.7 Å². The molecule has 0 atom stereocenters. The quantitative estimate of drug-likeness (QED) is 0.587. The predicted octanol–water partition coefficient (Wildman–Crippen LogP) is 3.07. The summed E-state index contributed by atoms with van der Waals surface area (Å²) in [5.74, 6) is -1.83. The maximum atomic E-state index is 13.4. The van der Waals surface area contributed by atoms with Crippen LogP contribution in [0.25, 0.3) is 0 Å². The lowest BCUT2D eigenvalue weighted by Crippen LogP contribution is -2.38. The number of amides is 2. The number of sulfonamides is 1. The molecule has 0 heterocycles. The normalized spacial score (nSPS) is 11.0. The summed E-state index contributed by atoms with van der Waals surface area (Å²) < 4.78 is 40.7. The first-order chi connectivity index (χ1) is 14.7. The zero-order chi connectivity index (χ0) is 22.6. The Kier molecular flexibility index (Phi) is 6.36. The second-order valence-corrected chi connectivity index (χ2v) is 8.55. The fourth-order valence-electron chi connectivity index (χ4n) is 3.00. The number of carbonyl (C=O) groups is 2. The number of carbonyl (C=O) groups excluding carboxylic acids is 2. The molecule has 0 aliphatic heterocycles. The molecule has 3 aromatic rings. The molecule has 0 aromatic heterocycles. The Morgan fingerprint density at radius 1 is 0.968 bits per heavy atom. The van der Waals surface area contributed by atoms with Crippen LogP contribution in [0.1, 0.15) is 15.9 Å². The van der Waals surface area contributed by atoms with Gasteiger partial charge in [0, 0.05) is 11.3 Å². The van der Waals surface area contributed by atoms with E-state index in [9.17, 15) is 22.4 Å². The van der Waals surface area contributed by atoms with E-state index < -0.39 is 34.2 Å². The molecule has 0 radical (unpaired) electrons. The highest BCUT2D eigenvalue weighted by molar-refractivity contribution is 7.92. The summed E-state index contributed by atoms with van der Waals surface area (Å²) in [4.78, 5) is 24.3. The molecule has 0 saturated carbocycles. The third-order valence-electron chi connectivity index (χ3n) is 4.61. The van der Waals surface area contributed by atoms with Gasteiger partial charge in [-0.3, -0.25) is 13.9 Å². The smallest absolute Gasteiger partial charge is 0.264 e. The molecule has 0 aliphatic carbocycles. The molecule has 7 nitrogen and oxygen atoms in total. The number of nitrogens with zero attached hydrogens (tertiary/aromatic N) is 1. The summed E-state index contributed by atoms with van der Waals surface area (Å²) in [6.45, 7) is 1.05. The number of anilines is 2. The summed E-state index contributed by atoms with van der Waals surface area (Å²) in [6, 6.07) is 17.1. The molecule has 0 bridgehead atoms. The van der Waals surface area contributed by atoms with E-state index >= 15 is 0 Å². The first kappa shape index (κ1) is 22.0. The average molecular weight is 441 g/mol. The molecule has 0 spiro atoms. The predicted molar refractivity (Wildman–Crippen MR) is 116 cm³/mol. The molecular weight excluding hydrogens is 421 g/mol. The summed E-state index contributed by atoms with van der Waals surface area (Å²) in [7, 11) is -4.11. The summed E-state index contributed by atoms with van der Waals surface area (Å²) in [5.41, 5.74) is 6.50. The van der Waals surface area contributed by atoms with Crippen LogP contribution in [0.5, 0.6) is 0 Å². The van der Waals surface area contributed by atoms with Gasteiger partial charge < -0.3 is 11.1 Å². The second kappa shape index (κ2) is 8.97. The van der Waals surface area contributed by atoms with Gasteiger partial charge in [0.05, 0.1) is 10.6 Å². The van der Waals surface area contributed by atoms with Gasteiger partial charge in [0.1, 0.15) is 12.4 Å². The van der Waals surface area contributed by atoms with E-state index in [0.717, 1.165) is 16.4 Å². The van der Waals surface area contributed by atoms with Crippen molar-refractivity contribution in [2.75, 3.05) is 16.2 Å². The Morgan fingerprint density at radius 3 is 2.23 bits per heavy atom. The van der Waals surface area contributed by atoms with Gasteiger partial charge in [0.15, 0.2) is 0 Å². The van der Waals surface area contributed by atoms with Crippen molar-refractivity contribution in [1.29, 1.82) is 0 Å². The third-order valence-corrected chi connectivity index (χ3v) is 6.39. The maximum Gasteiger partial charge on any atom is 0.264 e. The Balaban J connectivity index is 1.94. The van der Waals surface area contributed by atoms with Crippen LogP contribution in [0.2, 0.25) is 0 Å². The van der Waals surface area contributed by atoms with Crippen LogP contribution in [-0.2, 0) is 14.8 Å². The molecule has 9 heteroatoms. The number of nitrogens with two attached hydrogens (primary N) is 1. The van der Waals surface area contributed by atoms with E-state index in [1.54, 1.807) is 37.3 Å². The number of halogens is 1. The van der Waals surface area contributed by atoms with Crippen molar-refractivity contribution < 1.29 is 22.4 Å². The van der Waals surface area contributed by atoms with Gasteiger partial charge in [0.25, 0.3) is 10.0 Å². The zero-order valence-electron chi connectivity index (χ0n) is 16.6. The molecule has 0 aliphatic rings. The molecular formula is C22H20FN3O4S. The lowest BCUT2D eigenvalue weighted by atomic mass is 10.1. The van der Waals surface area contributed by atoms with Gasteiger partial charge in [-0.25, -0.2) is 12.8 Å². The van der Waals surface area contributed by atoms with Gasteiger partial charge in [-0.2, -0.15) is 0 Å². The third kappa shape index (κ3) is 4.89. The minimum Gasteiger partial charge on any atom is -0.366 e. The molecule has 3 aromatic carbocycles. The number of benzene rings is 3. The van der Waals surface area contributed by atoms with E-state index in [0.29, 0.717) is 11.3 Å². The highest BCUT2D eigenvalue weighted by Crippen LogP contribution is 2.24. The van der Waals surface area contributed by atoms with Crippen LogP contribution in [0.4, 0.5) is 15.8 Å². The largest absolute Gasteiger partial charge is 0.366 e. The minimum absolute atomic E-state index is 0.0148. The molecule has 160 valence electrons. The molecule has 0 fully saturated rings. The molecule has 31 heavy (non-hydrogen) atoms. The van der Waals surface area contributed by atoms with Crippen molar-refractivity contribution >= 4 is 33.2 Å². The fraction of sp³-hybridized carbons (Fsp3) is 0.0909. The first-order valence-electron chi connectivity index (χ1n) is 9.23. The zero-order valence-corrected chi connectivity index (χ0v) is 17.4. The van der Waals surface area contributed by atoms with E-state index in [2.05, 4.69) is 5.32 Å². The van der Waals surface area contributed by atoms with E-state index in [1.165, 1.54) is 30.3 Å². The van der Waals surface area contributed by atoms with Crippen LogP contribution < -0.4 is 15.4 Å². The standard InChI is InChI=1S/C22H20FN3O4S/c1-15-19(22(24)28)8-5-9-20(15)25-21(27)14-26(17-12-10-16(23)11-13-17)31(29,30)18-6-3-2-4-7-18/h2-13H,14H2,1H3,(H2,24,28)(H,25,27). The Bertz CT molecular complexity index is 1210. The Labute approximate surface area is 179 Å². The van der Waals surface area contributed by atoms with Gasteiger partial charge in [0.2, 0.25) is 11.8 Å². The van der Waals surface area contributed by atoms with Crippen molar-refractivity contribution in [2.45, 2.75) is 11.8 Å². The summed E-state index contributed by atoms with van der Waals surface area (Å²) in [6.07, 6.45) is 0. The van der Waals surface area contributed by atoms with Crippen molar-refractivity contribution in [1.82, 2.24) is 0 Å². The second-order valence-electron chi connectivity index (χ2n) is 6.69. The van der Waals surface area contributed by atoms with Crippen LogP contribution in [-0.4, -0.2) is 26.8 Å². The van der Waals surface area contributed by atoms with E-state index in [4.69, 9.17) is 5.73 Å². The lowest BCUT2D eigenvalue weighted by Gasteiger charge is -2.24. The fourth-order valence-corrected chi connectivity index (χ4v) is 4.44. The Morgan fingerprint density at radius 2 is 1.61 bits per heavy atom. The highest BCUT2D eigenvalue weighted by atomic mass is 32.2. The van der Waals surface area contributed by atoms with Crippen molar-refractivity contribution in [3.63, 3.8) is 0 Å². The molecule has 0 unspecified atom stereocenters. The Hall–Kier alpha value is -3.72. The van der Waals surface area contributed by atoms with Crippen LogP contribution in [0.3, 0.4) is 0 Å². The van der Waals surface area contributed by atoms with Gasteiger partial charge in [-0.15, -0.1) is 0 Å². The SMILES string of the molecule is Cc1c(NC(=O)CN(c2ccc(F)cc2)S(=O)(=O)c2ccccc2)cccc1C(N)=O. The van der Waals surface area contributed by atoms with Crippen LogP contribution in [0.15, 0.2) is 77.7 Å². The molecule has 0 saturated heterocycles. The van der Waals surface area contributed by atoms with Gasteiger partial charge in [-0.1, -0.05) is 24.3 Å². The molecule has 2 amide bonds. The topological polar surface area (TPSA) is 110 Å². The highest BCUT2D eigenvalue weighted by Gasteiger charge is 2.27. The minimum atomic E-state index is -4.11. The number of hydrogen-bond donors (Lipinski definition) is 2. The number of rotatable bonds is 7. The summed E-state index contributed by atoms with van der Waals surface area (Å²) in [5, 5.41) is 2.61. The first-order valence-corrected chi connectivity index (χ1v) is 10.7. The number of nitrogens with one attached hydrogen (secondary N) is 1. The van der Waals surface area contributed by atoms with Crippen LogP contribution >= 0.6 is 0 Å². The van der Waals surface area contributed by atoms with Gasteiger partial charge >= 0.3 is 0 Å². The number of hydrogen-bond acceptors (Lipinski definition) is 4. The van der Waals surface area contributed by atoms with Crippen molar-refractivity contribution in [3.8, 4) is 0 Å². The monoisotopic (exact) mass is 441 g/mol. The summed E-state index contributed by atoms with van der Waals surface area (Å²) >= 11 is 0. The lowest BCUT2D eigenvalue weighted by molar-refractivity contribution is -0.114. The number of primary amides is 1. The maximum absolute atomic E-state index is 13.4.